The highest BCUT2D eigenvalue weighted by Crippen LogP contribution is 2.11. The van der Waals surface area contributed by atoms with Crippen molar-refractivity contribution < 1.29 is 4.79 Å². The average Bonchev–Trinajstić information content (AvgIpc) is 1.67. The van der Waals surface area contributed by atoms with Crippen LogP contribution in [0.25, 0.3) is 0 Å². The molecular formula is C5H9ClOS. The highest BCUT2D eigenvalue weighted by molar-refractivity contribution is 8.21. The van der Waals surface area contributed by atoms with E-state index >= 15 is 0 Å². The van der Waals surface area contributed by atoms with Crippen LogP contribution in [0.1, 0.15) is 13.8 Å². The maximum Gasteiger partial charge on any atom is 0.133 e. The molecule has 0 spiro atoms. The van der Waals surface area contributed by atoms with Crippen LogP contribution in [0.15, 0.2) is 0 Å². The van der Waals surface area contributed by atoms with Gasteiger partial charge in [-0.1, -0.05) is 17.9 Å². The van der Waals surface area contributed by atoms with Crippen LogP contribution < -0.4 is 0 Å². The normalized spacial score (nSPS) is 13.4. The Bertz CT molecular complexity index is 84.5. The molecule has 0 aromatic rings. The summed E-state index contributed by atoms with van der Waals surface area (Å²) in [5.41, 5.74) is 0. The summed E-state index contributed by atoms with van der Waals surface area (Å²) in [5.74, 6) is 1.03. The van der Waals surface area contributed by atoms with Gasteiger partial charge in [-0.2, -0.15) is 0 Å². The van der Waals surface area contributed by atoms with Crippen LogP contribution in [0.2, 0.25) is 0 Å². The summed E-state index contributed by atoms with van der Waals surface area (Å²) in [7, 11) is 6.49. The first-order valence-corrected chi connectivity index (χ1v) is 4.23. The van der Waals surface area contributed by atoms with Gasteiger partial charge in [0.2, 0.25) is 0 Å². The summed E-state index contributed by atoms with van der Waals surface area (Å²) < 4.78 is 0. The molecule has 8 heavy (non-hydrogen) atoms. The second-order valence-electron chi connectivity index (χ2n) is 1.79. The number of ketones is 1. The van der Waals surface area contributed by atoms with Gasteiger partial charge in [0.05, 0.1) is 0 Å². The molecule has 0 radical (unpaired) electrons. The maximum absolute atomic E-state index is 10.5. The third-order valence-corrected chi connectivity index (χ3v) is 2.01. The molecule has 0 N–H and O–H groups in total. The molecule has 0 aromatic carbocycles. The minimum absolute atomic E-state index is 0.109. The number of carbonyl (C=O) groups excluding carboxylic acids is 1. The first-order chi connectivity index (χ1) is 3.68. The molecule has 0 rings (SSSR count). The highest BCUT2D eigenvalue weighted by Gasteiger charge is 2.05. The second kappa shape index (κ2) is 4.21. The molecule has 0 saturated heterocycles. The van der Waals surface area contributed by atoms with E-state index in [9.17, 15) is 4.79 Å². The SMILES string of the molecule is CC(=O)C(C)CSCl. The fraction of sp³-hybridized carbons (Fsp3) is 0.800. The van der Waals surface area contributed by atoms with Crippen LogP contribution in [-0.4, -0.2) is 11.5 Å². The standard InChI is InChI=1S/C5H9ClOS/c1-4(3-8-6)5(2)7/h4H,3H2,1-2H3. The molecule has 1 atom stereocenters. The van der Waals surface area contributed by atoms with Gasteiger partial charge in [0.25, 0.3) is 0 Å². The van der Waals surface area contributed by atoms with Crippen molar-refractivity contribution in [3.8, 4) is 0 Å². The van der Waals surface area contributed by atoms with Crippen LogP contribution in [0.3, 0.4) is 0 Å². The smallest absolute Gasteiger partial charge is 0.133 e. The Morgan fingerprint density at radius 2 is 2.38 bits per heavy atom. The molecule has 0 bridgehead atoms. The second-order valence-corrected chi connectivity index (χ2v) is 2.99. The summed E-state index contributed by atoms with van der Waals surface area (Å²) >= 11 is 0. The van der Waals surface area contributed by atoms with Gasteiger partial charge in [0.15, 0.2) is 0 Å². The highest BCUT2D eigenvalue weighted by atomic mass is 35.7. The van der Waals surface area contributed by atoms with Gasteiger partial charge >= 0.3 is 0 Å². The maximum atomic E-state index is 10.5. The Morgan fingerprint density at radius 3 is 2.50 bits per heavy atom. The largest absolute Gasteiger partial charge is 0.300 e. The van der Waals surface area contributed by atoms with Crippen molar-refractivity contribution in [2.24, 2.45) is 5.92 Å². The number of carbonyl (C=O) groups is 1. The van der Waals surface area contributed by atoms with Crippen molar-refractivity contribution in [3.05, 3.63) is 0 Å². The predicted octanol–water partition coefficient (Wildman–Crippen LogP) is 2.10. The Morgan fingerprint density at radius 1 is 1.88 bits per heavy atom. The lowest BCUT2D eigenvalue weighted by molar-refractivity contribution is -0.119. The topological polar surface area (TPSA) is 17.1 Å². The minimum atomic E-state index is 0.109. The molecule has 0 aromatic heterocycles. The van der Waals surface area contributed by atoms with E-state index in [1.54, 1.807) is 6.92 Å². The van der Waals surface area contributed by atoms with E-state index in [2.05, 4.69) is 0 Å². The van der Waals surface area contributed by atoms with E-state index in [4.69, 9.17) is 10.7 Å². The van der Waals surface area contributed by atoms with E-state index in [1.165, 1.54) is 11.0 Å². The molecule has 3 heteroatoms. The lowest BCUT2D eigenvalue weighted by atomic mass is 10.1. The van der Waals surface area contributed by atoms with Gasteiger partial charge in [0, 0.05) is 11.7 Å². The van der Waals surface area contributed by atoms with Crippen LogP contribution in [0.4, 0.5) is 0 Å². The number of hydrogen-bond acceptors (Lipinski definition) is 2. The van der Waals surface area contributed by atoms with Crippen LogP contribution in [0.5, 0.6) is 0 Å². The van der Waals surface area contributed by atoms with Crippen LogP contribution >= 0.6 is 21.7 Å². The first-order valence-electron chi connectivity index (χ1n) is 2.42. The van der Waals surface area contributed by atoms with E-state index in [0.29, 0.717) is 0 Å². The lowest BCUT2D eigenvalue weighted by Gasteiger charge is -2.00. The molecule has 0 heterocycles. The van der Waals surface area contributed by atoms with E-state index in [0.717, 1.165) is 5.75 Å². The molecule has 0 amide bonds. The molecule has 1 nitrogen and oxygen atoms in total. The van der Waals surface area contributed by atoms with Crippen molar-refractivity contribution in [2.45, 2.75) is 13.8 Å². The van der Waals surface area contributed by atoms with Crippen molar-refractivity contribution >= 4 is 27.4 Å². The van der Waals surface area contributed by atoms with Gasteiger partial charge in [0.1, 0.15) is 5.78 Å². The van der Waals surface area contributed by atoms with Gasteiger partial charge in [-0.25, -0.2) is 0 Å². The quantitative estimate of drug-likeness (QED) is 0.616. The van der Waals surface area contributed by atoms with Gasteiger partial charge in [-0.3, -0.25) is 4.79 Å². The number of hydrogen-bond donors (Lipinski definition) is 0. The molecule has 1 unspecified atom stereocenters. The molecule has 48 valence electrons. The number of halogens is 1. The summed E-state index contributed by atoms with van der Waals surface area (Å²) in [5, 5.41) is 0. The average molecular weight is 153 g/mol. The zero-order chi connectivity index (χ0) is 6.57. The molecule has 0 aliphatic carbocycles. The zero-order valence-corrected chi connectivity index (χ0v) is 6.55. The van der Waals surface area contributed by atoms with Crippen molar-refractivity contribution in [1.29, 1.82) is 0 Å². The molecule has 0 fully saturated rings. The number of rotatable bonds is 3. The predicted molar refractivity (Wildman–Crippen MR) is 38.2 cm³/mol. The Labute approximate surface area is 58.3 Å². The molecular weight excluding hydrogens is 144 g/mol. The first kappa shape index (κ1) is 8.31. The van der Waals surface area contributed by atoms with Crippen molar-refractivity contribution in [1.82, 2.24) is 0 Å². The fourth-order valence-corrected chi connectivity index (χ4v) is 1.20. The number of Topliss-reactive ketones (excluding diaryl/α,β-unsaturated/α-hetero) is 1. The van der Waals surface area contributed by atoms with E-state index in [1.807, 2.05) is 6.92 Å². The van der Waals surface area contributed by atoms with E-state index < -0.39 is 0 Å². The summed E-state index contributed by atoms with van der Waals surface area (Å²) in [4.78, 5) is 10.5. The third kappa shape index (κ3) is 3.33. The third-order valence-electron chi connectivity index (χ3n) is 1.01. The van der Waals surface area contributed by atoms with Crippen molar-refractivity contribution in [2.75, 3.05) is 5.75 Å². The Balaban J connectivity index is 3.32. The summed E-state index contributed by atoms with van der Waals surface area (Å²) in [6.45, 7) is 3.45. The lowest BCUT2D eigenvalue weighted by Crippen LogP contribution is -2.07. The Kier molecular flexibility index (Phi) is 4.38. The monoisotopic (exact) mass is 152 g/mol. The van der Waals surface area contributed by atoms with Gasteiger partial charge < -0.3 is 0 Å². The van der Waals surface area contributed by atoms with Crippen LogP contribution in [0, 0.1) is 5.92 Å². The van der Waals surface area contributed by atoms with Crippen LogP contribution in [-0.2, 0) is 4.79 Å². The van der Waals surface area contributed by atoms with Crippen molar-refractivity contribution in [3.63, 3.8) is 0 Å². The molecule has 0 aliphatic heterocycles. The summed E-state index contributed by atoms with van der Waals surface area (Å²) in [6, 6.07) is 0. The zero-order valence-electron chi connectivity index (χ0n) is 4.98. The van der Waals surface area contributed by atoms with Gasteiger partial charge in [-0.05, 0) is 17.6 Å². The minimum Gasteiger partial charge on any atom is -0.300 e. The fourth-order valence-electron chi connectivity index (χ4n) is 0.212. The Hall–Kier alpha value is 0.310. The van der Waals surface area contributed by atoms with Gasteiger partial charge in [-0.15, -0.1) is 0 Å². The summed E-state index contributed by atoms with van der Waals surface area (Å²) in [6.07, 6.45) is 0. The van der Waals surface area contributed by atoms with E-state index in [-0.39, 0.29) is 11.7 Å². The molecule has 0 aliphatic rings. The molecule has 0 saturated carbocycles.